The highest BCUT2D eigenvalue weighted by Crippen LogP contribution is 2.06. The number of hydrogen-bond acceptors (Lipinski definition) is 3. The number of nitrogens with two attached hydrogens (primary N) is 1. The van der Waals surface area contributed by atoms with Crippen LogP contribution >= 0.6 is 0 Å². The molecule has 0 spiro atoms. The van der Waals surface area contributed by atoms with Crippen molar-refractivity contribution in [3.8, 4) is 0 Å². The first-order valence-electron chi connectivity index (χ1n) is 3.87. The van der Waals surface area contributed by atoms with Crippen molar-refractivity contribution in [2.45, 2.75) is 19.8 Å². The summed E-state index contributed by atoms with van der Waals surface area (Å²) in [4.78, 5) is 0. The monoisotopic (exact) mass is 179 g/mol. The molecule has 11 heavy (non-hydrogen) atoms. The first kappa shape index (κ1) is 10.9. The molecule has 1 unspecified atom stereocenters. The summed E-state index contributed by atoms with van der Waals surface area (Å²) in [6, 6.07) is 0. The van der Waals surface area contributed by atoms with Crippen molar-refractivity contribution in [2.24, 2.45) is 11.7 Å². The Morgan fingerprint density at radius 2 is 2.00 bits per heavy atom. The van der Waals surface area contributed by atoms with E-state index in [-0.39, 0.29) is 5.75 Å². The van der Waals surface area contributed by atoms with Crippen LogP contribution in [-0.4, -0.2) is 27.0 Å². The Kier molecular flexibility index (Phi) is 4.68. The van der Waals surface area contributed by atoms with Gasteiger partial charge in [-0.2, -0.15) is 0 Å². The Morgan fingerprint density at radius 3 is 2.27 bits per heavy atom. The first-order chi connectivity index (χ1) is 4.99. The summed E-state index contributed by atoms with van der Waals surface area (Å²) in [5.41, 5.74) is 5.42. The van der Waals surface area contributed by atoms with Gasteiger partial charge in [0, 0.05) is 6.26 Å². The maximum Gasteiger partial charge on any atom is 0.147 e. The van der Waals surface area contributed by atoms with E-state index in [1.807, 2.05) is 6.92 Å². The highest BCUT2D eigenvalue weighted by Gasteiger charge is 2.08. The predicted octanol–water partition coefficient (Wildman–Crippen LogP) is 0.406. The van der Waals surface area contributed by atoms with Crippen molar-refractivity contribution in [2.75, 3.05) is 18.6 Å². The maximum atomic E-state index is 10.7. The molecule has 0 amide bonds. The van der Waals surface area contributed by atoms with Crippen LogP contribution in [0.4, 0.5) is 0 Å². The SMILES string of the molecule is CCC(CN)CCS(C)(=O)=O. The molecule has 0 radical (unpaired) electrons. The quantitative estimate of drug-likeness (QED) is 0.665. The third-order valence-electron chi connectivity index (χ3n) is 1.81. The van der Waals surface area contributed by atoms with Gasteiger partial charge in [-0.25, -0.2) is 8.42 Å². The summed E-state index contributed by atoms with van der Waals surface area (Å²) < 4.78 is 21.5. The fourth-order valence-electron chi connectivity index (χ4n) is 0.869. The van der Waals surface area contributed by atoms with Gasteiger partial charge >= 0.3 is 0 Å². The zero-order valence-corrected chi connectivity index (χ0v) is 8.02. The molecule has 68 valence electrons. The standard InChI is InChI=1S/C7H17NO2S/c1-3-7(6-8)4-5-11(2,9)10/h7H,3-6,8H2,1-2H3. The van der Waals surface area contributed by atoms with Crippen LogP contribution in [0.25, 0.3) is 0 Å². The highest BCUT2D eigenvalue weighted by atomic mass is 32.2. The molecule has 0 fully saturated rings. The summed E-state index contributed by atoms with van der Waals surface area (Å²) >= 11 is 0. The van der Waals surface area contributed by atoms with E-state index in [2.05, 4.69) is 0 Å². The van der Waals surface area contributed by atoms with Gasteiger partial charge in [-0.1, -0.05) is 13.3 Å². The van der Waals surface area contributed by atoms with E-state index in [1.165, 1.54) is 6.26 Å². The van der Waals surface area contributed by atoms with Crippen molar-refractivity contribution in [3.63, 3.8) is 0 Å². The number of sulfone groups is 1. The summed E-state index contributed by atoms with van der Waals surface area (Å²) in [6.45, 7) is 2.62. The fraction of sp³-hybridized carbons (Fsp3) is 1.00. The summed E-state index contributed by atoms with van der Waals surface area (Å²) in [5.74, 6) is 0.632. The van der Waals surface area contributed by atoms with Gasteiger partial charge in [0.2, 0.25) is 0 Å². The van der Waals surface area contributed by atoms with Gasteiger partial charge in [-0.3, -0.25) is 0 Å². The zero-order valence-electron chi connectivity index (χ0n) is 7.21. The fourth-order valence-corrected chi connectivity index (χ4v) is 1.63. The number of hydrogen-bond donors (Lipinski definition) is 1. The van der Waals surface area contributed by atoms with Crippen molar-refractivity contribution in [1.82, 2.24) is 0 Å². The van der Waals surface area contributed by atoms with Crippen molar-refractivity contribution >= 4 is 9.84 Å². The lowest BCUT2D eigenvalue weighted by Gasteiger charge is -2.09. The molecular weight excluding hydrogens is 162 g/mol. The van der Waals surface area contributed by atoms with Gasteiger partial charge in [-0.05, 0) is 18.9 Å². The van der Waals surface area contributed by atoms with E-state index in [9.17, 15) is 8.42 Å². The molecule has 2 N–H and O–H groups in total. The molecule has 1 atom stereocenters. The third-order valence-corrected chi connectivity index (χ3v) is 2.78. The van der Waals surface area contributed by atoms with Crippen molar-refractivity contribution in [1.29, 1.82) is 0 Å². The van der Waals surface area contributed by atoms with Crippen LogP contribution in [0.3, 0.4) is 0 Å². The van der Waals surface area contributed by atoms with E-state index < -0.39 is 9.84 Å². The molecule has 0 aromatic rings. The van der Waals surface area contributed by atoms with Crippen LogP contribution in [0.5, 0.6) is 0 Å². The summed E-state index contributed by atoms with van der Waals surface area (Å²) in [7, 11) is -2.79. The van der Waals surface area contributed by atoms with E-state index in [4.69, 9.17) is 5.73 Å². The van der Waals surface area contributed by atoms with E-state index in [0.29, 0.717) is 18.9 Å². The molecule has 0 aliphatic rings. The molecule has 0 saturated carbocycles. The molecule has 0 rings (SSSR count). The van der Waals surface area contributed by atoms with Gasteiger partial charge in [0.1, 0.15) is 9.84 Å². The Hall–Kier alpha value is -0.0900. The molecule has 4 heteroatoms. The predicted molar refractivity (Wildman–Crippen MR) is 47.2 cm³/mol. The molecule has 0 aromatic heterocycles. The van der Waals surface area contributed by atoms with Crippen LogP contribution in [0.1, 0.15) is 19.8 Å². The van der Waals surface area contributed by atoms with Gasteiger partial charge < -0.3 is 5.73 Å². The van der Waals surface area contributed by atoms with Gasteiger partial charge in [-0.15, -0.1) is 0 Å². The van der Waals surface area contributed by atoms with E-state index in [1.54, 1.807) is 0 Å². The molecule has 0 aromatic carbocycles. The number of rotatable bonds is 5. The minimum atomic E-state index is -2.79. The lowest BCUT2D eigenvalue weighted by atomic mass is 10.0. The van der Waals surface area contributed by atoms with Gasteiger partial charge in [0.25, 0.3) is 0 Å². The van der Waals surface area contributed by atoms with Crippen LogP contribution in [0.15, 0.2) is 0 Å². The van der Waals surface area contributed by atoms with E-state index in [0.717, 1.165) is 6.42 Å². The van der Waals surface area contributed by atoms with Gasteiger partial charge in [0.15, 0.2) is 0 Å². The van der Waals surface area contributed by atoms with Crippen molar-refractivity contribution < 1.29 is 8.42 Å². The van der Waals surface area contributed by atoms with Crippen LogP contribution in [0, 0.1) is 5.92 Å². The largest absolute Gasteiger partial charge is 0.330 e. The van der Waals surface area contributed by atoms with Crippen LogP contribution in [-0.2, 0) is 9.84 Å². The Balaban J connectivity index is 3.69. The van der Waals surface area contributed by atoms with E-state index >= 15 is 0 Å². The highest BCUT2D eigenvalue weighted by molar-refractivity contribution is 7.90. The minimum Gasteiger partial charge on any atom is -0.330 e. The Bertz CT molecular complexity index is 183. The maximum absolute atomic E-state index is 10.7. The molecule has 0 aliphatic carbocycles. The molecule has 0 aliphatic heterocycles. The summed E-state index contributed by atoms with van der Waals surface area (Å²) in [6.07, 6.45) is 2.92. The Labute approximate surface area is 68.9 Å². The summed E-state index contributed by atoms with van der Waals surface area (Å²) in [5, 5.41) is 0. The second-order valence-electron chi connectivity index (χ2n) is 2.93. The molecule has 0 bridgehead atoms. The van der Waals surface area contributed by atoms with Crippen molar-refractivity contribution in [3.05, 3.63) is 0 Å². The molecular formula is C7H17NO2S. The van der Waals surface area contributed by atoms with Gasteiger partial charge in [0.05, 0.1) is 5.75 Å². The average molecular weight is 179 g/mol. The molecule has 3 nitrogen and oxygen atoms in total. The second kappa shape index (κ2) is 4.72. The molecule has 0 heterocycles. The van der Waals surface area contributed by atoms with Crippen LogP contribution in [0.2, 0.25) is 0 Å². The zero-order chi connectivity index (χ0) is 8.91. The lowest BCUT2D eigenvalue weighted by molar-refractivity contribution is 0.500. The second-order valence-corrected chi connectivity index (χ2v) is 5.19. The molecule has 0 saturated heterocycles. The topological polar surface area (TPSA) is 60.2 Å². The average Bonchev–Trinajstić information content (AvgIpc) is 1.88. The van der Waals surface area contributed by atoms with Crippen LogP contribution < -0.4 is 5.73 Å². The third kappa shape index (κ3) is 6.31. The normalized spacial score (nSPS) is 14.8. The minimum absolute atomic E-state index is 0.267. The smallest absolute Gasteiger partial charge is 0.147 e. The first-order valence-corrected chi connectivity index (χ1v) is 5.93. The lowest BCUT2D eigenvalue weighted by Crippen LogP contribution is -2.17. The Morgan fingerprint density at radius 1 is 1.45 bits per heavy atom.